The normalized spacial score (nSPS) is 11.8. The molecular formula is C14H12N2O3. The van der Waals surface area contributed by atoms with Gasteiger partial charge in [-0.25, -0.2) is 0 Å². The molecule has 96 valence electrons. The predicted octanol–water partition coefficient (Wildman–Crippen LogP) is 1.92. The maximum absolute atomic E-state index is 12.3. The Balaban J connectivity index is 2.33. The maximum atomic E-state index is 12.3. The highest BCUT2D eigenvalue weighted by molar-refractivity contribution is 6.02. The number of aromatic nitrogens is 2. The van der Waals surface area contributed by atoms with Crippen LogP contribution in [0.15, 0.2) is 48.9 Å². The van der Waals surface area contributed by atoms with Crippen molar-refractivity contribution in [2.75, 3.05) is 0 Å². The molecule has 19 heavy (non-hydrogen) atoms. The fraction of sp³-hybridized carbons (Fsp3) is 0.143. The summed E-state index contributed by atoms with van der Waals surface area (Å²) in [6.45, 7) is 0. The number of pyridine rings is 2. The lowest BCUT2D eigenvalue weighted by atomic mass is 9.92. The van der Waals surface area contributed by atoms with Crippen molar-refractivity contribution in [1.82, 2.24) is 9.97 Å². The summed E-state index contributed by atoms with van der Waals surface area (Å²) in [7, 11) is 0. The lowest BCUT2D eigenvalue weighted by molar-refractivity contribution is -0.137. The highest BCUT2D eigenvalue weighted by Crippen LogP contribution is 2.22. The number of hydrogen-bond donors (Lipinski definition) is 1. The third kappa shape index (κ3) is 3.22. The molecule has 0 fully saturated rings. The summed E-state index contributed by atoms with van der Waals surface area (Å²) >= 11 is 0. The van der Waals surface area contributed by atoms with Gasteiger partial charge >= 0.3 is 5.97 Å². The first-order valence-electron chi connectivity index (χ1n) is 5.75. The number of rotatable bonds is 5. The molecule has 0 aliphatic carbocycles. The van der Waals surface area contributed by atoms with E-state index in [9.17, 15) is 9.59 Å². The molecule has 0 aliphatic rings. The molecule has 1 unspecified atom stereocenters. The second kappa shape index (κ2) is 5.86. The van der Waals surface area contributed by atoms with Crippen LogP contribution < -0.4 is 0 Å². The SMILES string of the molecule is O=C(O)CC(C(=O)c1cccnc1)c1ccccn1. The molecule has 0 saturated heterocycles. The predicted molar refractivity (Wildman–Crippen MR) is 67.8 cm³/mol. The Bertz CT molecular complexity index is 570. The van der Waals surface area contributed by atoms with Crippen molar-refractivity contribution in [2.45, 2.75) is 12.3 Å². The first-order chi connectivity index (χ1) is 9.18. The van der Waals surface area contributed by atoms with Crippen LogP contribution in [0.3, 0.4) is 0 Å². The smallest absolute Gasteiger partial charge is 0.304 e. The van der Waals surface area contributed by atoms with Crippen molar-refractivity contribution in [3.05, 3.63) is 60.2 Å². The molecule has 0 aliphatic heterocycles. The zero-order chi connectivity index (χ0) is 13.7. The van der Waals surface area contributed by atoms with Crippen molar-refractivity contribution < 1.29 is 14.7 Å². The Morgan fingerprint density at radius 3 is 2.58 bits per heavy atom. The molecule has 2 rings (SSSR count). The molecule has 0 amide bonds. The molecule has 2 aromatic rings. The molecule has 2 aromatic heterocycles. The summed E-state index contributed by atoms with van der Waals surface area (Å²) in [4.78, 5) is 31.2. The van der Waals surface area contributed by atoms with Gasteiger partial charge in [0.05, 0.1) is 18.0 Å². The minimum Gasteiger partial charge on any atom is -0.481 e. The Kier molecular flexibility index (Phi) is 3.97. The van der Waals surface area contributed by atoms with Gasteiger partial charge in [-0.3, -0.25) is 19.6 Å². The lowest BCUT2D eigenvalue weighted by Gasteiger charge is -2.12. The van der Waals surface area contributed by atoms with Crippen molar-refractivity contribution in [3.63, 3.8) is 0 Å². The number of ketones is 1. The molecular weight excluding hydrogens is 244 g/mol. The Hall–Kier alpha value is -2.56. The van der Waals surface area contributed by atoms with Crippen LogP contribution >= 0.6 is 0 Å². The van der Waals surface area contributed by atoms with Gasteiger partial charge in [0.2, 0.25) is 0 Å². The van der Waals surface area contributed by atoms with E-state index in [0.29, 0.717) is 11.3 Å². The Morgan fingerprint density at radius 1 is 1.16 bits per heavy atom. The van der Waals surface area contributed by atoms with Crippen molar-refractivity contribution in [3.8, 4) is 0 Å². The van der Waals surface area contributed by atoms with E-state index in [1.54, 1.807) is 42.7 Å². The monoisotopic (exact) mass is 256 g/mol. The minimum atomic E-state index is -1.03. The molecule has 1 N–H and O–H groups in total. The van der Waals surface area contributed by atoms with E-state index >= 15 is 0 Å². The summed E-state index contributed by atoms with van der Waals surface area (Å²) in [5.74, 6) is -2.11. The van der Waals surface area contributed by atoms with Gasteiger partial charge in [0, 0.05) is 24.2 Å². The van der Waals surface area contributed by atoms with Crippen LogP contribution in [0.1, 0.15) is 28.4 Å². The Morgan fingerprint density at radius 2 is 2.00 bits per heavy atom. The third-order valence-electron chi connectivity index (χ3n) is 2.69. The molecule has 5 nitrogen and oxygen atoms in total. The number of carboxylic acid groups (broad SMARTS) is 1. The van der Waals surface area contributed by atoms with Crippen molar-refractivity contribution in [2.24, 2.45) is 0 Å². The van der Waals surface area contributed by atoms with Gasteiger partial charge in [0.1, 0.15) is 0 Å². The van der Waals surface area contributed by atoms with Crippen LogP contribution in [-0.2, 0) is 4.79 Å². The van der Waals surface area contributed by atoms with Crippen LogP contribution in [0, 0.1) is 0 Å². The van der Waals surface area contributed by atoms with Crippen LogP contribution in [0.25, 0.3) is 0 Å². The van der Waals surface area contributed by atoms with Gasteiger partial charge in [0.15, 0.2) is 5.78 Å². The summed E-state index contributed by atoms with van der Waals surface area (Å²) in [5.41, 5.74) is 0.846. The quantitative estimate of drug-likeness (QED) is 0.826. The molecule has 0 radical (unpaired) electrons. The van der Waals surface area contributed by atoms with Crippen molar-refractivity contribution in [1.29, 1.82) is 0 Å². The average Bonchev–Trinajstić information content (AvgIpc) is 2.46. The van der Waals surface area contributed by atoms with E-state index in [1.165, 1.54) is 6.20 Å². The van der Waals surface area contributed by atoms with Gasteiger partial charge in [0.25, 0.3) is 0 Å². The summed E-state index contributed by atoms with van der Waals surface area (Å²) in [6.07, 6.45) is 4.25. The molecule has 0 spiro atoms. The second-order valence-corrected chi connectivity index (χ2v) is 4.01. The van der Waals surface area contributed by atoms with Gasteiger partial charge in [-0.1, -0.05) is 6.07 Å². The number of nitrogens with zero attached hydrogens (tertiary/aromatic N) is 2. The zero-order valence-electron chi connectivity index (χ0n) is 10.1. The van der Waals surface area contributed by atoms with Crippen LogP contribution in [0.4, 0.5) is 0 Å². The number of carbonyl (C=O) groups is 2. The molecule has 0 saturated carbocycles. The van der Waals surface area contributed by atoms with Crippen LogP contribution in [-0.4, -0.2) is 26.8 Å². The first-order valence-corrected chi connectivity index (χ1v) is 5.75. The lowest BCUT2D eigenvalue weighted by Crippen LogP contribution is -2.18. The largest absolute Gasteiger partial charge is 0.481 e. The highest BCUT2D eigenvalue weighted by Gasteiger charge is 2.25. The van der Waals surface area contributed by atoms with E-state index in [0.717, 1.165) is 0 Å². The Labute approximate surface area is 110 Å². The second-order valence-electron chi connectivity index (χ2n) is 4.01. The zero-order valence-corrected chi connectivity index (χ0v) is 10.1. The number of Topliss-reactive ketones (excluding diaryl/α,β-unsaturated/α-hetero) is 1. The van der Waals surface area contributed by atoms with Gasteiger partial charge in [-0.15, -0.1) is 0 Å². The summed E-state index contributed by atoms with van der Waals surface area (Å²) in [6, 6.07) is 8.36. The molecule has 5 heteroatoms. The molecule has 1 atom stereocenters. The maximum Gasteiger partial charge on any atom is 0.304 e. The average molecular weight is 256 g/mol. The first kappa shape index (κ1) is 12.9. The van der Waals surface area contributed by atoms with E-state index < -0.39 is 11.9 Å². The molecule has 0 aromatic carbocycles. The van der Waals surface area contributed by atoms with Gasteiger partial charge in [-0.2, -0.15) is 0 Å². The van der Waals surface area contributed by atoms with Gasteiger partial charge < -0.3 is 5.11 Å². The topological polar surface area (TPSA) is 80.1 Å². The fourth-order valence-electron chi connectivity index (χ4n) is 1.80. The fourth-order valence-corrected chi connectivity index (χ4v) is 1.80. The number of hydrogen-bond acceptors (Lipinski definition) is 4. The van der Waals surface area contributed by atoms with Crippen LogP contribution in [0.5, 0.6) is 0 Å². The van der Waals surface area contributed by atoms with Crippen molar-refractivity contribution >= 4 is 11.8 Å². The standard InChI is InChI=1S/C14H12N2O3/c17-13(18)8-11(12-5-1-2-7-16-12)14(19)10-4-3-6-15-9-10/h1-7,9,11H,8H2,(H,17,18). The van der Waals surface area contributed by atoms with E-state index in [-0.39, 0.29) is 12.2 Å². The van der Waals surface area contributed by atoms with E-state index in [2.05, 4.69) is 9.97 Å². The van der Waals surface area contributed by atoms with Gasteiger partial charge in [-0.05, 0) is 24.3 Å². The number of carboxylic acids is 1. The molecule has 0 bridgehead atoms. The summed E-state index contributed by atoms with van der Waals surface area (Å²) in [5, 5.41) is 8.95. The molecule has 2 heterocycles. The number of carbonyl (C=O) groups excluding carboxylic acids is 1. The van der Waals surface area contributed by atoms with Crippen LogP contribution in [0.2, 0.25) is 0 Å². The van der Waals surface area contributed by atoms with E-state index in [1.807, 2.05) is 0 Å². The number of aliphatic carboxylic acids is 1. The summed E-state index contributed by atoms with van der Waals surface area (Å²) < 4.78 is 0. The third-order valence-corrected chi connectivity index (χ3v) is 2.69. The minimum absolute atomic E-state index is 0.283. The highest BCUT2D eigenvalue weighted by atomic mass is 16.4. The van der Waals surface area contributed by atoms with E-state index in [4.69, 9.17) is 5.11 Å².